The van der Waals surface area contributed by atoms with Crippen LogP contribution in [0.25, 0.3) is 5.69 Å². The van der Waals surface area contributed by atoms with Gasteiger partial charge in [0, 0.05) is 17.8 Å². The summed E-state index contributed by atoms with van der Waals surface area (Å²) in [7, 11) is 0. The Morgan fingerprint density at radius 3 is 2.31 bits per heavy atom. The molecule has 0 saturated carbocycles. The van der Waals surface area contributed by atoms with Gasteiger partial charge in [0.2, 0.25) is 0 Å². The van der Waals surface area contributed by atoms with Crippen LogP contribution >= 0.6 is 34.8 Å². The summed E-state index contributed by atoms with van der Waals surface area (Å²) in [6.45, 7) is 0.371. The van der Waals surface area contributed by atoms with Crippen molar-refractivity contribution in [2.75, 3.05) is 0 Å². The van der Waals surface area contributed by atoms with E-state index in [1.165, 1.54) is 0 Å². The van der Waals surface area contributed by atoms with Gasteiger partial charge in [-0.05, 0) is 18.2 Å². The van der Waals surface area contributed by atoms with Crippen LogP contribution in [0.15, 0.2) is 24.4 Å². The van der Waals surface area contributed by atoms with E-state index in [1.54, 1.807) is 29.1 Å². The van der Waals surface area contributed by atoms with E-state index in [-0.39, 0.29) is 0 Å². The minimum atomic E-state index is 0.371. The Hall–Kier alpha value is -0.740. The van der Waals surface area contributed by atoms with Gasteiger partial charge >= 0.3 is 0 Å². The van der Waals surface area contributed by atoms with Crippen LogP contribution in [0.5, 0.6) is 0 Å². The minimum Gasteiger partial charge on any atom is -0.325 e. The Bertz CT molecular complexity index is 499. The number of benzene rings is 1. The monoisotopic (exact) mass is 275 g/mol. The fraction of sp³-hybridized carbons (Fsp3) is 0.100. The van der Waals surface area contributed by atoms with Gasteiger partial charge < -0.3 is 5.73 Å². The quantitative estimate of drug-likeness (QED) is 0.914. The summed E-state index contributed by atoms with van der Waals surface area (Å²) in [5.74, 6) is 0. The first-order valence-corrected chi connectivity index (χ1v) is 5.64. The summed E-state index contributed by atoms with van der Waals surface area (Å²) in [6, 6.07) is 5.05. The van der Waals surface area contributed by atoms with Crippen LogP contribution < -0.4 is 5.73 Å². The number of rotatable bonds is 2. The third kappa shape index (κ3) is 2.18. The largest absolute Gasteiger partial charge is 0.325 e. The molecule has 84 valence electrons. The van der Waals surface area contributed by atoms with E-state index in [1.807, 2.05) is 0 Å². The zero-order valence-corrected chi connectivity index (χ0v) is 10.4. The molecule has 16 heavy (non-hydrogen) atoms. The van der Waals surface area contributed by atoms with Gasteiger partial charge in [0.15, 0.2) is 0 Å². The standard InChI is InChI=1S/C10H8Cl3N3/c11-6-3-8(12)10(9(13)4-6)16-2-1-7(5-14)15-16/h1-4H,5,14H2. The topological polar surface area (TPSA) is 43.8 Å². The van der Waals surface area contributed by atoms with Crippen LogP contribution in [0.3, 0.4) is 0 Å². The molecule has 0 atom stereocenters. The first-order chi connectivity index (χ1) is 7.61. The van der Waals surface area contributed by atoms with Gasteiger partial charge in [-0.2, -0.15) is 5.10 Å². The van der Waals surface area contributed by atoms with Gasteiger partial charge in [0.05, 0.1) is 15.7 Å². The molecule has 6 heteroatoms. The molecule has 0 radical (unpaired) electrons. The Morgan fingerprint density at radius 2 is 1.81 bits per heavy atom. The lowest BCUT2D eigenvalue weighted by atomic mass is 10.3. The van der Waals surface area contributed by atoms with E-state index in [0.29, 0.717) is 27.3 Å². The van der Waals surface area contributed by atoms with E-state index in [0.717, 1.165) is 5.69 Å². The number of hydrogen-bond acceptors (Lipinski definition) is 2. The van der Waals surface area contributed by atoms with E-state index in [4.69, 9.17) is 40.5 Å². The Balaban J connectivity index is 2.55. The molecule has 0 aliphatic heterocycles. The first kappa shape index (κ1) is 11.7. The van der Waals surface area contributed by atoms with Crippen LogP contribution in [0.4, 0.5) is 0 Å². The van der Waals surface area contributed by atoms with Gasteiger partial charge in [0.1, 0.15) is 5.69 Å². The molecule has 0 unspecified atom stereocenters. The molecule has 0 aliphatic carbocycles. The lowest BCUT2D eigenvalue weighted by molar-refractivity contribution is 0.834. The van der Waals surface area contributed by atoms with Crippen molar-refractivity contribution in [1.82, 2.24) is 9.78 Å². The van der Waals surface area contributed by atoms with Crippen LogP contribution in [-0.2, 0) is 6.54 Å². The van der Waals surface area contributed by atoms with Crippen molar-refractivity contribution >= 4 is 34.8 Å². The third-order valence-electron chi connectivity index (χ3n) is 2.06. The summed E-state index contributed by atoms with van der Waals surface area (Å²) in [5.41, 5.74) is 6.85. The molecule has 1 heterocycles. The molecular formula is C10H8Cl3N3. The number of aromatic nitrogens is 2. The Labute approximate surface area is 108 Å². The second-order valence-electron chi connectivity index (χ2n) is 3.17. The molecule has 0 spiro atoms. The van der Waals surface area contributed by atoms with E-state index < -0.39 is 0 Å². The SMILES string of the molecule is NCc1ccn(-c2c(Cl)cc(Cl)cc2Cl)n1. The highest BCUT2D eigenvalue weighted by Crippen LogP contribution is 2.31. The molecular weight excluding hydrogens is 268 g/mol. The molecule has 0 bridgehead atoms. The van der Waals surface area contributed by atoms with Crippen LogP contribution in [-0.4, -0.2) is 9.78 Å². The van der Waals surface area contributed by atoms with Gasteiger partial charge in [-0.25, -0.2) is 4.68 Å². The van der Waals surface area contributed by atoms with Crippen molar-refractivity contribution < 1.29 is 0 Å². The van der Waals surface area contributed by atoms with Crippen LogP contribution in [0.2, 0.25) is 15.1 Å². The summed E-state index contributed by atoms with van der Waals surface area (Å²) >= 11 is 17.9. The number of nitrogens with two attached hydrogens (primary N) is 1. The second-order valence-corrected chi connectivity index (χ2v) is 4.42. The zero-order valence-electron chi connectivity index (χ0n) is 8.12. The van der Waals surface area contributed by atoms with Crippen molar-refractivity contribution in [2.24, 2.45) is 5.73 Å². The highest BCUT2D eigenvalue weighted by molar-refractivity contribution is 6.40. The lowest BCUT2D eigenvalue weighted by Gasteiger charge is -2.07. The fourth-order valence-electron chi connectivity index (χ4n) is 1.35. The Kier molecular flexibility index (Phi) is 3.40. The smallest absolute Gasteiger partial charge is 0.102 e. The number of halogens is 3. The van der Waals surface area contributed by atoms with Crippen molar-refractivity contribution in [3.8, 4) is 5.69 Å². The lowest BCUT2D eigenvalue weighted by Crippen LogP contribution is -2.01. The summed E-state index contributed by atoms with van der Waals surface area (Å²) in [4.78, 5) is 0. The van der Waals surface area contributed by atoms with Crippen LogP contribution in [0, 0.1) is 0 Å². The van der Waals surface area contributed by atoms with E-state index in [2.05, 4.69) is 5.10 Å². The highest BCUT2D eigenvalue weighted by atomic mass is 35.5. The number of nitrogens with zero attached hydrogens (tertiary/aromatic N) is 2. The average Bonchev–Trinajstić information content (AvgIpc) is 2.64. The van der Waals surface area contributed by atoms with Gasteiger partial charge in [-0.3, -0.25) is 0 Å². The Morgan fingerprint density at radius 1 is 1.19 bits per heavy atom. The van der Waals surface area contributed by atoms with Crippen molar-refractivity contribution in [3.05, 3.63) is 45.2 Å². The molecule has 1 aromatic heterocycles. The minimum absolute atomic E-state index is 0.371. The first-order valence-electron chi connectivity index (χ1n) is 4.51. The maximum Gasteiger partial charge on any atom is 0.102 e. The summed E-state index contributed by atoms with van der Waals surface area (Å²) in [6.07, 6.45) is 1.75. The predicted octanol–water partition coefficient (Wildman–Crippen LogP) is 3.29. The second kappa shape index (κ2) is 4.63. The molecule has 0 saturated heterocycles. The van der Waals surface area contributed by atoms with Gasteiger partial charge in [-0.1, -0.05) is 34.8 Å². The predicted molar refractivity (Wildman–Crippen MR) is 66.5 cm³/mol. The molecule has 3 nitrogen and oxygen atoms in total. The summed E-state index contributed by atoms with van der Waals surface area (Å²) < 4.78 is 1.59. The molecule has 2 aromatic rings. The van der Waals surface area contributed by atoms with Crippen molar-refractivity contribution in [1.29, 1.82) is 0 Å². The van der Waals surface area contributed by atoms with Crippen molar-refractivity contribution in [2.45, 2.75) is 6.54 Å². The number of hydrogen-bond donors (Lipinski definition) is 1. The molecule has 1 aromatic carbocycles. The average molecular weight is 277 g/mol. The maximum absolute atomic E-state index is 6.06. The van der Waals surface area contributed by atoms with Crippen LogP contribution in [0.1, 0.15) is 5.69 Å². The maximum atomic E-state index is 6.06. The summed E-state index contributed by atoms with van der Waals surface area (Å²) in [5, 5.41) is 5.62. The molecule has 0 amide bonds. The highest BCUT2D eigenvalue weighted by Gasteiger charge is 2.10. The molecule has 0 fully saturated rings. The normalized spacial score (nSPS) is 10.8. The fourth-order valence-corrected chi connectivity index (χ4v) is 2.34. The van der Waals surface area contributed by atoms with Crippen molar-refractivity contribution in [3.63, 3.8) is 0 Å². The van der Waals surface area contributed by atoms with E-state index in [9.17, 15) is 0 Å². The zero-order chi connectivity index (χ0) is 11.7. The molecule has 2 rings (SSSR count). The third-order valence-corrected chi connectivity index (χ3v) is 2.86. The molecule has 0 aliphatic rings. The van der Waals surface area contributed by atoms with E-state index >= 15 is 0 Å². The van der Waals surface area contributed by atoms with Gasteiger partial charge in [0.25, 0.3) is 0 Å². The van der Waals surface area contributed by atoms with Gasteiger partial charge in [-0.15, -0.1) is 0 Å². The molecule has 2 N–H and O–H groups in total.